The lowest BCUT2D eigenvalue weighted by molar-refractivity contribution is 0.536. The first-order valence-electron chi connectivity index (χ1n) is 6.67. The van der Waals surface area contributed by atoms with Crippen LogP contribution in [0, 0.1) is 0 Å². The maximum absolute atomic E-state index is 4.20. The molecule has 3 heteroatoms. The minimum absolute atomic E-state index is 0.488. The molecule has 0 fully saturated rings. The Morgan fingerprint density at radius 3 is 2.95 bits per heavy atom. The molecule has 1 aromatic carbocycles. The molecule has 2 aromatic rings. The van der Waals surface area contributed by atoms with Crippen molar-refractivity contribution in [3.63, 3.8) is 0 Å². The standard InChI is InChI=1S/C16H18N2S/c1-17-14(9-12-5-4-8-18-11-12)16-10-13-6-2-3-7-15(13)19-16/h2-8,11,14,16-17H,9-10H2,1H3. The second-order valence-corrected chi connectivity index (χ2v) is 6.21. The van der Waals surface area contributed by atoms with E-state index in [0.717, 1.165) is 12.8 Å². The first-order chi connectivity index (χ1) is 9.36. The van der Waals surface area contributed by atoms with Gasteiger partial charge in [0.15, 0.2) is 0 Å². The third-order valence-corrected chi connectivity index (χ3v) is 5.12. The van der Waals surface area contributed by atoms with E-state index in [1.54, 1.807) is 0 Å². The summed E-state index contributed by atoms with van der Waals surface area (Å²) in [7, 11) is 2.06. The summed E-state index contributed by atoms with van der Waals surface area (Å²) in [6, 6.07) is 13.4. The van der Waals surface area contributed by atoms with E-state index in [-0.39, 0.29) is 0 Å². The van der Waals surface area contributed by atoms with Crippen molar-refractivity contribution in [1.82, 2.24) is 10.3 Å². The van der Waals surface area contributed by atoms with E-state index in [1.165, 1.54) is 16.0 Å². The van der Waals surface area contributed by atoms with Gasteiger partial charge < -0.3 is 5.32 Å². The highest BCUT2D eigenvalue weighted by atomic mass is 32.2. The molecule has 0 amide bonds. The van der Waals surface area contributed by atoms with E-state index in [2.05, 4.69) is 47.7 Å². The van der Waals surface area contributed by atoms with Gasteiger partial charge in [0.2, 0.25) is 0 Å². The number of rotatable bonds is 4. The van der Waals surface area contributed by atoms with Crippen LogP contribution < -0.4 is 5.32 Å². The molecular weight excluding hydrogens is 252 g/mol. The molecule has 1 N–H and O–H groups in total. The van der Waals surface area contributed by atoms with Gasteiger partial charge in [0.1, 0.15) is 0 Å². The maximum Gasteiger partial charge on any atom is 0.0300 e. The molecule has 0 saturated heterocycles. The summed E-state index contributed by atoms with van der Waals surface area (Å²) in [5.74, 6) is 0. The average molecular weight is 270 g/mol. The van der Waals surface area contributed by atoms with E-state index >= 15 is 0 Å². The number of pyridine rings is 1. The molecule has 1 aromatic heterocycles. The van der Waals surface area contributed by atoms with Crippen LogP contribution in [0.4, 0.5) is 0 Å². The zero-order valence-electron chi connectivity index (χ0n) is 11.0. The SMILES string of the molecule is CNC(Cc1cccnc1)C1Cc2ccccc2S1. The third-order valence-electron chi connectivity index (χ3n) is 3.67. The second kappa shape index (κ2) is 5.76. The van der Waals surface area contributed by atoms with Crippen molar-refractivity contribution in [3.8, 4) is 0 Å². The van der Waals surface area contributed by atoms with Gasteiger partial charge in [0.25, 0.3) is 0 Å². The number of hydrogen-bond acceptors (Lipinski definition) is 3. The molecule has 0 bridgehead atoms. The number of aromatic nitrogens is 1. The molecular formula is C16H18N2S. The number of likely N-dealkylation sites (N-methyl/N-ethyl adjacent to an activating group) is 1. The topological polar surface area (TPSA) is 24.9 Å². The first kappa shape index (κ1) is 12.7. The Balaban J connectivity index is 1.71. The van der Waals surface area contributed by atoms with Crippen molar-refractivity contribution in [1.29, 1.82) is 0 Å². The molecule has 2 atom stereocenters. The lowest BCUT2D eigenvalue weighted by Crippen LogP contribution is -2.37. The van der Waals surface area contributed by atoms with Gasteiger partial charge in [0, 0.05) is 28.6 Å². The van der Waals surface area contributed by atoms with E-state index in [9.17, 15) is 0 Å². The molecule has 3 rings (SSSR count). The maximum atomic E-state index is 4.20. The van der Waals surface area contributed by atoms with Crippen LogP contribution in [-0.4, -0.2) is 23.3 Å². The molecule has 1 aliphatic heterocycles. The Kier molecular flexibility index (Phi) is 3.85. The fraction of sp³-hybridized carbons (Fsp3) is 0.312. The predicted molar refractivity (Wildman–Crippen MR) is 80.6 cm³/mol. The molecule has 0 aliphatic carbocycles. The van der Waals surface area contributed by atoms with E-state index in [4.69, 9.17) is 0 Å². The fourth-order valence-corrected chi connectivity index (χ4v) is 4.07. The lowest BCUT2D eigenvalue weighted by atomic mass is 10.00. The van der Waals surface area contributed by atoms with Gasteiger partial charge in [-0.25, -0.2) is 0 Å². The summed E-state index contributed by atoms with van der Waals surface area (Å²) in [6.45, 7) is 0. The normalized spacial score (nSPS) is 19.1. The van der Waals surface area contributed by atoms with Crippen molar-refractivity contribution in [2.75, 3.05) is 7.05 Å². The molecule has 0 saturated carbocycles. The minimum Gasteiger partial charge on any atom is -0.316 e. The Morgan fingerprint density at radius 2 is 2.21 bits per heavy atom. The fourth-order valence-electron chi connectivity index (χ4n) is 2.63. The van der Waals surface area contributed by atoms with Crippen LogP contribution in [0.3, 0.4) is 0 Å². The Bertz CT molecular complexity index is 516. The zero-order valence-corrected chi connectivity index (χ0v) is 11.9. The summed E-state index contributed by atoms with van der Waals surface area (Å²) >= 11 is 2.01. The summed E-state index contributed by atoms with van der Waals surface area (Å²) in [5.41, 5.74) is 2.79. The lowest BCUT2D eigenvalue weighted by Gasteiger charge is -2.22. The molecule has 98 valence electrons. The van der Waals surface area contributed by atoms with Crippen LogP contribution in [0.15, 0.2) is 53.7 Å². The van der Waals surface area contributed by atoms with Crippen LogP contribution in [0.25, 0.3) is 0 Å². The summed E-state index contributed by atoms with van der Waals surface area (Å²) < 4.78 is 0. The van der Waals surface area contributed by atoms with Crippen LogP contribution in [0.2, 0.25) is 0 Å². The van der Waals surface area contributed by atoms with Gasteiger partial charge in [-0.05, 0) is 43.1 Å². The van der Waals surface area contributed by atoms with Crippen molar-refractivity contribution in [2.45, 2.75) is 29.0 Å². The largest absolute Gasteiger partial charge is 0.316 e. The molecule has 2 unspecified atom stereocenters. The number of benzene rings is 1. The summed E-state index contributed by atoms with van der Waals surface area (Å²) in [6.07, 6.45) is 6.00. The predicted octanol–water partition coefficient (Wildman–Crippen LogP) is 2.93. The van der Waals surface area contributed by atoms with Crippen molar-refractivity contribution < 1.29 is 0 Å². The van der Waals surface area contributed by atoms with E-state index in [0.29, 0.717) is 11.3 Å². The first-order valence-corrected chi connectivity index (χ1v) is 7.55. The molecule has 2 heterocycles. The van der Waals surface area contributed by atoms with Gasteiger partial charge in [-0.2, -0.15) is 0 Å². The molecule has 19 heavy (non-hydrogen) atoms. The number of nitrogens with one attached hydrogen (secondary N) is 1. The summed E-state index contributed by atoms with van der Waals surface area (Å²) in [4.78, 5) is 5.65. The Labute approximate surface area is 118 Å². The van der Waals surface area contributed by atoms with Crippen LogP contribution in [0.1, 0.15) is 11.1 Å². The average Bonchev–Trinajstić information content (AvgIpc) is 2.89. The van der Waals surface area contributed by atoms with Crippen molar-refractivity contribution in [3.05, 3.63) is 59.9 Å². The quantitative estimate of drug-likeness (QED) is 0.924. The van der Waals surface area contributed by atoms with Gasteiger partial charge in [-0.15, -0.1) is 11.8 Å². The number of hydrogen-bond donors (Lipinski definition) is 1. The highest BCUT2D eigenvalue weighted by Gasteiger charge is 2.28. The van der Waals surface area contributed by atoms with Gasteiger partial charge in [-0.3, -0.25) is 4.98 Å². The summed E-state index contributed by atoms with van der Waals surface area (Å²) in [5, 5.41) is 4.09. The number of thioether (sulfide) groups is 1. The van der Waals surface area contributed by atoms with Gasteiger partial charge in [0.05, 0.1) is 0 Å². The highest BCUT2D eigenvalue weighted by Crippen LogP contribution is 2.38. The second-order valence-electron chi connectivity index (χ2n) is 4.93. The highest BCUT2D eigenvalue weighted by molar-refractivity contribution is 8.00. The third kappa shape index (κ3) is 2.82. The molecule has 2 nitrogen and oxygen atoms in total. The Morgan fingerprint density at radius 1 is 1.32 bits per heavy atom. The van der Waals surface area contributed by atoms with Gasteiger partial charge in [-0.1, -0.05) is 24.3 Å². The van der Waals surface area contributed by atoms with Crippen molar-refractivity contribution in [2.24, 2.45) is 0 Å². The van der Waals surface area contributed by atoms with E-state index in [1.807, 2.05) is 30.2 Å². The Hall–Kier alpha value is -1.32. The zero-order chi connectivity index (χ0) is 13.1. The van der Waals surface area contributed by atoms with E-state index < -0.39 is 0 Å². The van der Waals surface area contributed by atoms with Crippen molar-refractivity contribution >= 4 is 11.8 Å². The van der Waals surface area contributed by atoms with Gasteiger partial charge >= 0.3 is 0 Å². The number of fused-ring (bicyclic) bond motifs is 1. The number of nitrogens with zero attached hydrogens (tertiary/aromatic N) is 1. The van der Waals surface area contributed by atoms with Crippen LogP contribution in [-0.2, 0) is 12.8 Å². The minimum atomic E-state index is 0.488. The smallest absolute Gasteiger partial charge is 0.0300 e. The monoisotopic (exact) mass is 270 g/mol. The molecule has 0 spiro atoms. The van der Waals surface area contributed by atoms with Crippen LogP contribution in [0.5, 0.6) is 0 Å². The molecule has 0 radical (unpaired) electrons. The molecule has 1 aliphatic rings. The van der Waals surface area contributed by atoms with Crippen LogP contribution >= 0.6 is 11.8 Å².